The molecule has 1 aliphatic heterocycles. The summed E-state index contributed by atoms with van der Waals surface area (Å²) in [5.74, 6) is -1.52. The molecule has 2 heterocycles. The third-order valence-corrected chi connectivity index (χ3v) is 12.0. The Labute approximate surface area is 333 Å². The first-order valence-corrected chi connectivity index (χ1v) is 20.5. The number of nitrogens with two attached hydrogens (primary N) is 1. The molecular weight excluding hydrogens is 719 g/mol. The molecule has 1 fully saturated rings. The van der Waals surface area contributed by atoms with Crippen molar-refractivity contribution in [3.05, 3.63) is 52.5 Å². The van der Waals surface area contributed by atoms with Crippen molar-refractivity contribution in [3.8, 4) is 0 Å². The first-order chi connectivity index (χ1) is 26.1. The maximum absolute atomic E-state index is 14.3. The summed E-state index contributed by atoms with van der Waals surface area (Å²) in [6.07, 6.45) is 3.33. The highest BCUT2D eigenvalue weighted by Gasteiger charge is 2.43. The standard InChI is InChI=1S/C41H67N7O6S/c1-12-26(4)36(47(9)41(52)34(28(6)42)45-39(51)35(25(2)3)46(7)8)32(53-10)24-33(49)48-21-16-19-31(48)37(54-11)27(5)38(50)44-30(40-43-20-22-55-40)23-29-17-14-13-15-18-29/h13-15,17-18,20,22,25-28,30-32,34-37H,12,16,19,21,23-24,42H2,1-11H3,(H,44,50)(H,45,51)/t26-,27+,28-,30-,31-,32+,34-,35?,36-,37+/m0/s1. The number of likely N-dealkylation sites (N-methyl/N-ethyl adjacent to an activating group) is 2. The van der Waals surface area contributed by atoms with E-state index in [4.69, 9.17) is 15.2 Å². The van der Waals surface area contributed by atoms with E-state index in [0.29, 0.717) is 19.4 Å². The summed E-state index contributed by atoms with van der Waals surface area (Å²) < 4.78 is 12.0. The van der Waals surface area contributed by atoms with Crippen LogP contribution in [0, 0.1) is 17.8 Å². The van der Waals surface area contributed by atoms with Gasteiger partial charge in [0, 0.05) is 45.4 Å². The SMILES string of the molecule is CC[C@H](C)[C@@H]([C@@H](CC(=O)N1CCC[C@H]1[C@H](OC)[C@@H](C)C(=O)N[C@@H](Cc1ccccc1)c1nccs1)OC)N(C)C(=O)[C@@H](NC(=O)C(C(C)C)N(C)C)[C@H](C)N. The second-order valence-electron chi connectivity index (χ2n) is 15.7. The van der Waals surface area contributed by atoms with Gasteiger partial charge in [0.15, 0.2) is 0 Å². The summed E-state index contributed by atoms with van der Waals surface area (Å²) in [4.78, 5) is 65.5. The van der Waals surface area contributed by atoms with Gasteiger partial charge in [-0.3, -0.25) is 24.1 Å². The molecule has 0 radical (unpaired) electrons. The molecule has 3 rings (SSSR count). The van der Waals surface area contributed by atoms with Crippen LogP contribution in [0.4, 0.5) is 0 Å². The number of nitrogens with zero attached hydrogens (tertiary/aromatic N) is 4. The highest BCUT2D eigenvalue weighted by molar-refractivity contribution is 7.09. The molecule has 14 heteroatoms. The third-order valence-electron chi connectivity index (χ3n) is 11.2. The number of benzene rings is 1. The zero-order chi connectivity index (χ0) is 41.0. The molecule has 4 N–H and O–H groups in total. The van der Waals surface area contributed by atoms with Gasteiger partial charge >= 0.3 is 0 Å². The van der Waals surface area contributed by atoms with E-state index in [2.05, 4.69) is 15.6 Å². The number of rotatable bonds is 21. The second kappa shape index (κ2) is 21.8. The van der Waals surface area contributed by atoms with Crippen LogP contribution >= 0.6 is 11.3 Å². The Hall–Kier alpha value is -3.43. The van der Waals surface area contributed by atoms with E-state index in [1.165, 1.54) is 11.3 Å². The third kappa shape index (κ3) is 12.0. The predicted octanol–water partition coefficient (Wildman–Crippen LogP) is 3.88. The van der Waals surface area contributed by atoms with E-state index in [1.807, 2.05) is 94.2 Å². The van der Waals surface area contributed by atoms with Crippen LogP contribution in [0.1, 0.15) is 83.8 Å². The Bertz CT molecular complexity index is 1490. The topological polar surface area (TPSA) is 159 Å². The van der Waals surface area contributed by atoms with Crippen molar-refractivity contribution in [2.75, 3.05) is 41.9 Å². The normalized spacial score (nSPS) is 19.5. The van der Waals surface area contributed by atoms with Crippen molar-refractivity contribution < 1.29 is 28.7 Å². The molecule has 0 spiro atoms. The Morgan fingerprint density at radius 1 is 1.00 bits per heavy atom. The van der Waals surface area contributed by atoms with Crippen molar-refractivity contribution in [1.29, 1.82) is 0 Å². The van der Waals surface area contributed by atoms with Crippen LogP contribution in [0.15, 0.2) is 41.9 Å². The number of nitrogens with one attached hydrogen (secondary N) is 2. The van der Waals surface area contributed by atoms with E-state index in [-0.39, 0.29) is 54.0 Å². The van der Waals surface area contributed by atoms with Gasteiger partial charge in [0.1, 0.15) is 11.0 Å². The van der Waals surface area contributed by atoms with Gasteiger partial charge in [-0.15, -0.1) is 11.3 Å². The van der Waals surface area contributed by atoms with Crippen molar-refractivity contribution in [1.82, 2.24) is 30.3 Å². The maximum atomic E-state index is 14.3. The van der Waals surface area contributed by atoms with E-state index in [9.17, 15) is 19.2 Å². The highest BCUT2D eigenvalue weighted by atomic mass is 32.1. The fraction of sp³-hybridized carbons (Fsp3) is 0.683. The van der Waals surface area contributed by atoms with E-state index >= 15 is 0 Å². The average molecular weight is 786 g/mol. The monoisotopic (exact) mass is 785 g/mol. The molecule has 0 aliphatic carbocycles. The van der Waals surface area contributed by atoms with E-state index in [1.54, 1.807) is 39.3 Å². The molecule has 1 aromatic carbocycles. The molecule has 13 nitrogen and oxygen atoms in total. The molecule has 1 aromatic heterocycles. The molecule has 4 amide bonds. The molecule has 2 aromatic rings. The largest absolute Gasteiger partial charge is 0.379 e. The average Bonchev–Trinajstić information content (AvgIpc) is 3.87. The first kappa shape index (κ1) is 46.0. The molecule has 1 unspecified atom stereocenters. The summed E-state index contributed by atoms with van der Waals surface area (Å²) in [6.45, 7) is 12.1. The highest BCUT2D eigenvalue weighted by Crippen LogP contribution is 2.30. The molecule has 10 atom stereocenters. The predicted molar refractivity (Wildman–Crippen MR) is 217 cm³/mol. The first-order valence-electron chi connectivity index (χ1n) is 19.6. The zero-order valence-corrected chi connectivity index (χ0v) is 35.7. The van der Waals surface area contributed by atoms with Gasteiger partial charge in [-0.2, -0.15) is 0 Å². The number of thiazole rings is 1. The molecular formula is C41H67N7O6S. The number of hydrogen-bond donors (Lipinski definition) is 3. The lowest BCUT2D eigenvalue weighted by atomic mass is 9.89. The van der Waals surface area contributed by atoms with E-state index in [0.717, 1.165) is 23.4 Å². The molecule has 0 bridgehead atoms. The van der Waals surface area contributed by atoms with Crippen LogP contribution in [0.2, 0.25) is 0 Å². The van der Waals surface area contributed by atoms with Gasteiger partial charge in [0.25, 0.3) is 0 Å². The number of carbonyl (C=O) groups excluding carboxylic acids is 4. The van der Waals surface area contributed by atoms with Gasteiger partial charge in [0.05, 0.1) is 48.7 Å². The van der Waals surface area contributed by atoms with Gasteiger partial charge < -0.3 is 35.6 Å². The molecule has 1 saturated heterocycles. The number of amides is 4. The minimum absolute atomic E-state index is 0.0119. The second-order valence-corrected chi connectivity index (χ2v) is 16.6. The number of ether oxygens (including phenoxy) is 2. The van der Waals surface area contributed by atoms with Gasteiger partial charge in [0.2, 0.25) is 23.6 Å². The van der Waals surface area contributed by atoms with Crippen molar-refractivity contribution >= 4 is 35.0 Å². The number of aromatic nitrogens is 1. The van der Waals surface area contributed by atoms with Gasteiger partial charge in [-0.25, -0.2) is 4.98 Å². The smallest absolute Gasteiger partial charge is 0.246 e. The van der Waals surface area contributed by atoms with Crippen LogP contribution < -0.4 is 16.4 Å². The summed E-state index contributed by atoms with van der Waals surface area (Å²) in [7, 11) is 8.51. The quantitative estimate of drug-likeness (QED) is 0.171. The Balaban J connectivity index is 1.79. The van der Waals surface area contributed by atoms with E-state index < -0.39 is 42.3 Å². The molecule has 1 aliphatic rings. The van der Waals surface area contributed by atoms with Crippen molar-refractivity contribution in [2.45, 2.75) is 122 Å². The fourth-order valence-corrected chi connectivity index (χ4v) is 8.76. The van der Waals surface area contributed by atoms with Crippen molar-refractivity contribution in [3.63, 3.8) is 0 Å². The molecule has 0 saturated carbocycles. The fourth-order valence-electron chi connectivity index (χ4n) is 8.08. The number of carbonyl (C=O) groups is 4. The summed E-state index contributed by atoms with van der Waals surface area (Å²) >= 11 is 1.50. The minimum Gasteiger partial charge on any atom is -0.379 e. The summed E-state index contributed by atoms with van der Waals surface area (Å²) in [6, 6.07) is 6.78. The summed E-state index contributed by atoms with van der Waals surface area (Å²) in [5.41, 5.74) is 7.42. The number of likely N-dealkylation sites (tertiary alicyclic amines) is 1. The zero-order valence-electron chi connectivity index (χ0n) is 34.9. The van der Waals surface area contributed by atoms with Crippen molar-refractivity contribution in [2.24, 2.45) is 23.5 Å². The van der Waals surface area contributed by atoms with Crippen LogP contribution in [0.3, 0.4) is 0 Å². The molecule has 308 valence electrons. The lowest BCUT2D eigenvalue weighted by Crippen LogP contribution is -2.62. The maximum Gasteiger partial charge on any atom is 0.246 e. The molecule has 55 heavy (non-hydrogen) atoms. The number of hydrogen-bond acceptors (Lipinski definition) is 10. The van der Waals surface area contributed by atoms with Gasteiger partial charge in [-0.1, -0.05) is 71.4 Å². The number of methoxy groups -OCH3 is 2. The van der Waals surface area contributed by atoms with Crippen LogP contribution in [-0.4, -0.2) is 128 Å². The minimum atomic E-state index is -0.973. The van der Waals surface area contributed by atoms with Gasteiger partial charge in [-0.05, 0) is 57.7 Å². The lowest BCUT2D eigenvalue weighted by Gasteiger charge is -2.41. The lowest BCUT2D eigenvalue weighted by molar-refractivity contribution is -0.147. The van der Waals surface area contributed by atoms with Crippen LogP contribution in [0.25, 0.3) is 0 Å². The Kier molecular flexibility index (Phi) is 18.2. The van der Waals surface area contributed by atoms with Crippen LogP contribution in [0.5, 0.6) is 0 Å². The Morgan fingerprint density at radius 3 is 2.20 bits per heavy atom. The Morgan fingerprint density at radius 2 is 1.67 bits per heavy atom. The van der Waals surface area contributed by atoms with Crippen LogP contribution in [-0.2, 0) is 35.1 Å². The summed E-state index contributed by atoms with van der Waals surface area (Å²) in [5, 5.41) is 8.88.